The van der Waals surface area contributed by atoms with Crippen LogP contribution in [0, 0.1) is 0 Å². The molecule has 2 rings (SSSR count). The van der Waals surface area contributed by atoms with Gasteiger partial charge < -0.3 is 4.74 Å². The fraction of sp³-hybridized carbons (Fsp3) is 0.429. The monoisotopic (exact) mass is 215 g/mol. The summed E-state index contributed by atoms with van der Waals surface area (Å²) in [5.74, 6) is -0.147. The molecule has 0 spiro atoms. The Morgan fingerprint density at radius 3 is 3.00 bits per heavy atom. The first-order chi connectivity index (χ1) is 6.68. The lowest BCUT2D eigenvalue weighted by atomic mass is 10.5. The van der Waals surface area contributed by atoms with Crippen molar-refractivity contribution in [3.05, 3.63) is 18.0 Å². The summed E-state index contributed by atoms with van der Waals surface area (Å²) < 4.78 is 28.1. The number of aliphatic imine (C=N–C) groups is 1. The van der Waals surface area contributed by atoms with E-state index in [1.54, 1.807) is 6.07 Å². The minimum Gasteiger partial charge on any atom is -0.468 e. The number of hydrogen-bond acceptors (Lipinski definition) is 5. The molecule has 0 bridgehead atoms. The van der Waals surface area contributed by atoms with E-state index in [4.69, 9.17) is 4.74 Å². The molecule has 0 radical (unpaired) electrons. The van der Waals surface area contributed by atoms with E-state index < -0.39 is 9.84 Å². The van der Waals surface area contributed by atoms with Gasteiger partial charge in [0.2, 0.25) is 9.84 Å². The van der Waals surface area contributed by atoms with Crippen LogP contribution >= 0.6 is 0 Å². The number of sulfone groups is 1. The first-order valence-corrected chi connectivity index (χ1v) is 5.72. The summed E-state index contributed by atoms with van der Waals surface area (Å²) in [6.07, 6.45) is 1.50. The zero-order valence-electron chi connectivity index (χ0n) is 7.30. The SMILES string of the molecule is O=S(=O)(Cc1ccn[nH]1)C1=NCCO1. The third kappa shape index (κ3) is 1.77. The van der Waals surface area contributed by atoms with Crippen LogP contribution in [0.4, 0.5) is 0 Å². The van der Waals surface area contributed by atoms with E-state index >= 15 is 0 Å². The summed E-state index contributed by atoms with van der Waals surface area (Å²) in [5.41, 5.74) is 0.531. The topological polar surface area (TPSA) is 84.4 Å². The third-order valence-electron chi connectivity index (χ3n) is 1.73. The van der Waals surface area contributed by atoms with Gasteiger partial charge in [-0.15, -0.1) is 0 Å². The molecule has 1 aliphatic rings. The van der Waals surface area contributed by atoms with Crippen LogP contribution in [0.15, 0.2) is 17.3 Å². The number of ether oxygens (including phenoxy) is 1. The number of H-pyrrole nitrogens is 1. The molecule has 0 aromatic carbocycles. The van der Waals surface area contributed by atoms with Gasteiger partial charge in [0.15, 0.2) is 0 Å². The van der Waals surface area contributed by atoms with E-state index in [9.17, 15) is 8.42 Å². The van der Waals surface area contributed by atoms with Crippen LogP contribution in [0.25, 0.3) is 0 Å². The zero-order chi connectivity index (χ0) is 10.0. The minimum absolute atomic E-state index is 0.147. The van der Waals surface area contributed by atoms with Crippen molar-refractivity contribution in [2.24, 2.45) is 4.99 Å². The van der Waals surface area contributed by atoms with E-state index in [1.165, 1.54) is 6.20 Å². The molecule has 1 aromatic rings. The highest BCUT2D eigenvalue weighted by Gasteiger charge is 2.25. The van der Waals surface area contributed by atoms with Gasteiger partial charge in [-0.3, -0.25) is 5.10 Å². The number of aromatic nitrogens is 2. The maximum atomic E-state index is 11.6. The smallest absolute Gasteiger partial charge is 0.305 e. The number of nitrogens with one attached hydrogen (secondary N) is 1. The standard InChI is InChI=1S/C7H9N3O3S/c11-14(12,7-8-3-4-13-7)5-6-1-2-9-10-6/h1-2H,3-5H2,(H,9,10). The van der Waals surface area contributed by atoms with Crippen LogP contribution in [0.3, 0.4) is 0 Å². The molecule has 14 heavy (non-hydrogen) atoms. The van der Waals surface area contributed by atoms with Gasteiger partial charge in [0.05, 0.1) is 12.2 Å². The number of hydrogen-bond donors (Lipinski definition) is 1. The first kappa shape index (κ1) is 9.20. The molecule has 1 N–H and O–H groups in total. The van der Waals surface area contributed by atoms with Crippen molar-refractivity contribution in [3.63, 3.8) is 0 Å². The van der Waals surface area contributed by atoms with Crippen molar-refractivity contribution in [2.75, 3.05) is 13.2 Å². The largest absolute Gasteiger partial charge is 0.468 e. The molecule has 1 aromatic heterocycles. The quantitative estimate of drug-likeness (QED) is 0.734. The molecule has 0 saturated heterocycles. The Balaban J connectivity index is 2.17. The second-order valence-electron chi connectivity index (χ2n) is 2.84. The molecule has 76 valence electrons. The van der Waals surface area contributed by atoms with Gasteiger partial charge in [-0.1, -0.05) is 0 Å². The minimum atomic E-state index is -3.43. The molecule has 0 unspecified atom stereocenters. The highest BCUT2D eigenvalue weighted by atomic mass is 32.2. The fourth-order valence-electron chi connectivity index (χ4n) is 1.14. The average molecular weight is 215 g/mol. The van der Waals surface area contributed by atoms with Crippen molar-refractivity contribution in [3.8, 4) is 0 Å². The Hall–Kier alpha value is -1.37. The maximum Gasteiger partial charge on any atom is 0.305 e. The van der Waals surface area contributed by atoms with Crippen LogP contribution in [0.1, 0.15) is 5.69 Å². The van der Waals surface area contributed by atoms with E-state index in [0.29, 0.717) is 18.8 Å². The molecular formula is C7H9N3O3S. The summed E-state index contributed by atoms with van der Waals surface area (Å²) in [6, 6.07) is 1.60. The third-order valence-corrected chi connectivity index (χ3v) is 3.20. The van der Waals surface area contributed by atoms with Crippen LogP contribution in [-0.2, 0) is 20.3 Å². The van der Waals surface area contributed by atoms with Crippen molar-refractivity contribution in [2.45, 2.75) is 5.75 Å². The van der Waals surface area contributed by atoms with Gasteiger partial charge in [-0.2, -0.15) is 5.10 Å². The van der Waals surface area contributed by atoms with Crippen molar-refractivity contribution >= 4 is 15.1 Å². The molecule has 0 fully saturated rings. The van der Waals surface area contributed by atoms with Crippen LogP contribution < -0.4 is 0 Å². The first-order valence-electron chi connectivity index (χ1n) is 4.07. The molecule has 0 amide bonds. The van der Waals surface area contributed by atoms with E-state index in [2.05, 4.69) is 15.2 Å². The number of rotatable bonds is 2. The maximum absolute atomic E-state index is 11.6. The van der Waals surface area contributed by atoms with Crippen molar-refractivity contribution in [1.82, 2.24) is 10.2 Å². The van der Waals surface area contributed by atoms with Gasteiger partial charge >= 0.3 is 5.23 Å². The molecule has 6 nitrogen and oxygen atoms in total. The summed E-state index contributed by atoms with van der Waals surface area (Å²) in [7, 11) is -3.43. The van der Waals surface area contributed by atoms with Gasteiger partial charge in [-0.05, 0) is 6.07 Å². The highest BCUT2D eigenvalue weighted by Crippen LogP contribution is 2.08. The molecule has 0 atom stereocenters. The number of aromatic amines is 1. The Kier molecular flexibility index (Phi) is 2.24. The molecule has 7 heteroatoms. The Labute approximate surface area is 80.9 Å². The molecule has 2 heterocycles. The average Bonchev–Trinajstić information content (AvgIpc) is 2.71. The summed E-state index contributed by atoms with van der Waals surface area (Å²) in [4.78, 5) is 3.76. The van der Waals surface area contributed by atoms with Crippen molar-refractivity contribution in [1.29, 1.82) is 0 Å². The Morgan fingerprint density at radius 2 is 2.43 bits per heavy atom. The molecule has 1 aliphatic heterocycles. The summed E-state index contributed by atoms with van der Waals surface area (Å²) in [5, 5.41) is 6.08. The van der Waals surface area contributed by atoms with E-state index in [-0.39, 0.29) is 11.0 Å². The van der Waals surface area contributed by atoms with Gasteiger partial charge in [0, 0.05) is 6.20 Å². The zero-order valence-corrected chi connectivity index (χ0v) is 8.12. The van der Waals surface area contributed by atoms with Crippen LogP contribution in [0.5, 0.6) is 0 Å². The predicted molar refractivity (Wildman–Crippen MR) is 49.5 cm³/mol. The van der Waals surface area contributed by atoms with Crippen LogP contribution in [0.2, 0.25) is 0 Å². The second-order valence-corrected chi connectivity index (χ2v) is 4.70. The molecular weight excluding hydrogens is 206 g/mol. The fourth-order valence-corrected chi connectivity index (χ4v) is 2.38. The van der Waals surface area contributed by atoms with Gasteiger partial charge in [0.1, 0.15) is 12.4 Å². The second kappa shape index (κ2) is 3.41. The molecule has 0 saturated carbocycles. The lowest BCUT2D eigenvalue weighted by Crippen LogP contribution is -2.17. The van der Waals surface area contributed by atoms with Gasteiger partial charge in [0.25, 0.3) is 0 Å². The summed E-state index contributed by atoms with van der Waals surface area (Å²) in [6.45, 7) is 0.759. The normalized spacial score (nSPS) is 16.4. The summed E-state index contributed by atoms with van der Waals surface area (Å²) >= 11 is 0. The Bertz CT molecular complexity index is 435. The lowest BCUT2D eigenvalue weighted by molar-refractivity contribution is 0.353. The van der Waals surface area contributed by atoms with Crippen molar-refractivity contribution < 1.29 is 13.2 Å². The van der Waals surface area contributed by atoms with Crippen LogP contribution in [-0.4, -0.2) is 37.0 Å². The number of nitrogens with zero attached hydrogens (tertiary/aromatic N) is 2. The lowest BCUT2D eigenvalue weighted by Gasteiger charge is -2.01. The van der Waals surface area contributed by atoms with E-state index in [0.717, 1.165) is 0 Å². The van der Waals surface area contributed by atoms with Gasteiger partial charge in [-0.25, -0.2) is 13.4 Å². The predicted octanol–water partition coefficient (Wildman–Crippen LogP) is -0.289. The highest BCUT2D eigenvalue weighted by molar-refractivity contribution is 8.05. The Morgan fingerprint density at radius 1 is 1.57 bits per heavy atom. The van der Waals surface area contributed by atoms with E-state index in [1.807, 2.05) is 0 Å². The molecule has 0 aliphatic carbocycles.